The van der Waals surface area contributed by atoms with Crippen molar-refractivity contribution in [2.75, 3.05) is 26.0 Å². The quantitative estimate of drug-likeness (QED) is 0.634. The maximum Gasteiger partial charge on any atom is 0.310 e. The Bertz CT molecular complexity index is 373. The summed E-state index contributed by atoms with van der Waals surface area (Å²) in [7, 11) is -1.89. The van der Waals surface area contributed by atoms with Crippen molar-refractivity contribution in [3.05, 3.63) is 0 Å². The fourth-order valence-electron chi connectivity index (χ4n) is 2.23. The van der Waals surface area contributed by atoms with Crippen LogP contribution in [0.15, 0.2) is 0 Å². The number of sulfonamides is 1. The van der Waals surface area contributed by atoms with Gasteiger partial charge in [0.05, 0.1) is 11.2 Å². The topological polar surface area (TPSA) is 92.7 Å². The summed E-state index contributed by atoms with van der Waals surface area (Å²) >= 11 is 0. The van der Waals surface area contributed by atoms with Crippen molar-refractivity contribution in [3.8, 4) is 0 Å². The Morgan fingerprint density at radius 3 is 2.50 bits per heavy atom. The molecule has 0 aromatic carbocycles. The molecule has 18 heavy (non-hydrogen) atoms. The molecule has 106 valence electrons. The molecule has 0 spiro atoms. The van der Waals surface area contributed by atoms with Gasteiger partial charge in [-0.15, -0.1) is 0 Å². The minimum Gasteiger partial charge on any atom is -0.481 e. The lowest BCUT2D eigenvalue weighted by Gasteiger charge is -2.23. The number of aliphatic carboxylic acids is 1. The van der Waals surface area contributed by atoms with E-state index in [0.717, 1.165) is 12.8 Å². The minimum atomic E-state index is -3.41. The lowest BCUT2D eigenvalue weighted by Crippen LogP contribution is -2.42. The third kappa shape index (κ3) is 4.22. The number of methoxy groups -OCH3 is 1. The highest BCUT2D eigenvalue weighted by molar-refractivity contribution is 7.89. The van der Waals surface area contributed by atoms with Crippen LogP contribution in [0.2, 0.25) is 0 Å². The molecule has 1 fully saturated rings. The first-order valence-electron chi connectivity index (χ1n) is 6.12. The first kappa shape index (κ1) is 15.4. The fourth-order valence-corrected chi connectivity index (χ4v) is 3.37. The fraction of sp³-hybridized carbons (Fsp3) is 0.909. The summed E-state index contributed by atoms with van der Waals surface area (Å²) in [5, 5.41) is 9.22. The molecule has 0 atom stereocenters. The van der Waals surface area contributed by atoms with Crippen LogP contribution < -0.4 is 4.72 Å². The second-order valence-electron chi connectivity index (χ2n) is 4.78. The van der Waals surface area contributed by atoms with E-state index in [-0.39, 0.29) is 12.3 Å². The predicted octanol–water partition coefficient (Wildman–Crippen LogP) is 0.587. The van der Waals surface area contributed by atoms with Crippen LogP contribution in [0.3, 0.4) is 0 Å². The number of rotatable bonds is 8. The predicted molar refractivity (Wildman–Crippen MR) is 66.8 cm³/mol. The summed E-state index contributed by atoms with van der Waals surface area (Å²) in [5.41, 5.74) is -0.908. The van der Waals surface area contributed by atoms with Gasteiger partial charge in [0, 0.05) is 20.3 Å². The van der Waals surface area contributed by atoms with E-state index in [4.69, 9.17) is 4.74 Å². The van der Waals surface area contributed by atoms with Crippen LogP contribution in [0, 0.1) is 5.41 Å². The second kappa shape index (κ2) is 6.49. The Hall–Kier alpha value is -0.660. The van der Waals surface area contributed by atoms with Crippen LogP contribution in [0.5, 0.6) is 0 Å². The molecule has 1 aliphatic rings. The van der Waals surface area contributed by atoms with E-state index in [1.165, 1.54) is 7.11 Å². The number of nitrogens with one attached hydrogen (secondary N) is 1. The van der Waals surface area contributed by atoms with Gasteiger partial charge in [-0.2, -0.15) is 0 Å². The van der Waals surface area contributed by atoms with E-state index < -0.39 is 21.4 Å². The van der Waals surface area contributed by atoms with Gasteiger partial charge in [-0.05, 0) is 19.3 Å². The Morgan fingerprint density at radius 1 is 1.39 bits per heavy atom. The molecule has 0 amide bonds. The molecule has 1 aliphatic carbocycles. The van der Waals surface area contributed by atoms with Crippen molar-refractivity contribution < 1.29 is 23.1 Å². The van der Waals surface area contributed by atoms with E-state index in [0.29, 0.717) is 25.9 Å². The number of ether oxygens (including phenoxy) is 1. The third-order valence-corrected chi connectivity index (χ3v) is 4.82. The summed E-state index contributed by atoms with van der Waals surface area (Å²) in [6.07, 6.45) is 3.19. The highest BCUT2D eigenvalue weighted by Crippen LogP contribution is 2.37. The highest BCUT2D eigenvalue weighted by Gasteiger charge is 2.41. The van der Waals surface area contributed by atoms with Gasteiger partial charge in [-0.3, -0.25) is 4.79 Å². The van der Waals surface area contributed by atoms with Crippen LogP contribution >= 0.6 is 0 Å². The van der Waals surface area contributed by atoms with Crippen molar-refractivity contribution in [3.63, 3.8) is 0 Å². The number of hydrogen-bond donors (Lipinski definition) is 2. The third-order valence-electron chi connectivity index (χ3n) is 3.41. The van der Waals surface area contributed by atoms with Gasteiger partial charge in [-0.1, -0.05) is 12.8 Å². The zero-order valence-corrected chi connectivity index (χ0v) is 11.5. The SMILES string of the molecule is COCCCS(=O)(=O)NCC1(C(=O)O)CCCC1. The molecule has 6 nitrogen and oxygen atoms in total. The molecule has 0 bridgehead atoms. The van der Waals surface area contributed by atoms with Gasteiger partial charge < -0.3 is 9.84 Å². The highest BCUT2D eigenvalue weighted by atomic mass is 32.2. The van der Waals surface area contributed by atoms with E-state index in [2.05, 4.69) is 4.72 Å². The van der Waals surface area contributed by atoms with Crippen LogP contribution in [-0.4, -0.2) is 45.5 Å². The molecule has 1 rings (SSSR count). The standard InChI is InChI=1S/C11H21NO5S/c1-17-7-4-8-18(15,16)12-9-11(10(13)14)5-2-3-6-11/h12H,2-9H2,1H3,(H,13,14). The first-order chi connectivity index (χ1) is 8.42. The molecular weight excluding hydrogens is 258 g/mol. The summed E-state index contributed by atoms with van der Waals surface area (Å²) in [6.45, 7) is 0.378. The zero-order chi connectivity index (χ0) is 13.6. The summed E-state index contributed by atoms with van der Waals surface area (Å²) in [5.74, 6) is -0.934. The Morgan fingerprint density at radius 2 is 2.00 bits per heavy atom. The van der Waals surface area contributed by atoms with Crippen molar-refractivity contribution >= 4 is 16.0 Å². The van der Waals surface area contributed by atoms with Crippen LogP contribution in [0.25, 0.3) is 0 Å². The van der Waals surface area contributed by atoms with Crippen LogP contribution in [0.1, 0.15) is 32.1 Å². The van der Waals surface area contributed by atoms with Crippen LogP contribution in [0.4, 0.5) is 0 Å². The Labute approximate surface area is 108 Å². The maximum atomic E-state index is 11.7. The van der Waals surface area contributed by atoms with Crippen molar-refractivity contribution in [2.45, 2.75) is 32.1 Å². The number of carboxylic acids is 1. The number of hydrogen-bond acceptors (Lipinski definition) is 4. The molecular formula is C11H21NO5S. The van der Waals surface area contributed by atoms with Gasteiger partial charge >= 0.3 is 5.97 Å². The minimum absolute atomic E-state index is 0.00233. The van der Waals surface area contributed by atoms with Gasteiger partial charge in [0.25, 0.3) is 0 Å². The average Bonchev–Trinajstić information content (AvgIpc) is 2.77. The molecule has 0 unspecified atom stereocenters. The normalized spacial score (nSPS) is 18.9. The molecule has 1 saturated carbocycles. The average molecular weight is 279 g/mol. The van der Waals surface area contributed by atoms with Gasteiger partial charge in [0.1, 0.15) is 0 Å². The van der Waals surface area contributed by atoms with Crippen LogP contribution in [-0.2, 0) is 19.6 Å². The smallest absolute Gasteiger partial charge is 0.310 e. The maximum absolute atomic E-state index is 11.7. The molecule has 0 aromatic heterocycles. The zero-order valence-electron chi connectivity index (χ0n) is 10.6. The van der Waals surface area contributed by atoms with Gasteiger partial charge in [-0.25, -0.2) is 13.1 Å². The molecule has 2 N–H and O–H groups in total. The molecule has 0 saturated heterocycles. The van der Waals surface area contributed by atoms with E-state index in [9.17, 15) is 18.3 Å². The molecule has 0 aromatic rings. The van der Waals surface area contributed by atoms with Crippen molar-refractivity contribution in [1.82, 2.24) is 4.72 Å². The van der Waals surface area contributed by atoms with Crippen molar-refractivity contribution in [1.29, 1.82) is 0 Å². The summed E-state index contributed by atoms with van der Waals surface area (Å²) < 4.78 is 30.5. The van der Waals surface area contributed by atoms with E-state index >= 15 is 0 Å². The Balaban J connectivity index is 2.49. The molecule has 0 heterocycles. The van der Waals surface area contributed by atoms with Crippen molar-refractivity contribution in [2.24, 2.45) is 5.41 Å². The Kier molecular flexibility index (Phi) is 5.55. The van der Waals surface area contributed by atoms with Gasteiger partial charge in [0.2, 0.25) is 10.0 Å². The number of carbonyl (C=O) groups is 1. The number of carboxylic acid groups (broad SMARTS) is 1. The summed E-state index contributed by atoms with van der Waals surface area (Å²) in [6, 6.07) is 0. The van der Waals surface area contributed by atoms with Gasteiger partial charge in [0.15, 0.2) is 0 Å². The molecule has 0 aliphatic heterocycles. The monoisotopic (exact) mass is 279 g/mol. The first-order valence-corrected chi connectivity index (χ1v) is 7.77. The van der Waals surface area contributed by atoms with E-state index in [1.807, 2.05) is 0 Å². The molecule has 0 radical (unpaired) electrons. The lowest BCUT2D eigenvalue weighted by molar-refractivity contribution is -0.148. The lowest BCUT2D eigenvalue weighted by atomic mass is 9.87. The molecule has 7 heteroatoms. The van der Waals surface area contributed by atoms with E-state index in [1.54, 1.807) is 0 Å². The largest absolute Gasteiger partial charge is 0.481 e. The second-order valence-corrected chi connectivity index (χ2v) is 6.71. The summed E-state index contributed by atoms with van der Waals surface area (Å²) in [4.78, 5) is 11.2.